The molecule has 0 radical (unpaired) electrons. The van der Waals surface area contributed by atoms with Crippen LogP contribution >= 0.6 is 0 Å². The van der Waals surface area contributed by atoms with Gasteiger partial charge in [-0.05, 0) is 43.0 Å². The van der Waals surface area contributed by atoms with E-state index in [4.69, 9.17) is 4.74 Å². The maximum absolute atomic E-state index is 12.4. The first-order valence-electron chi connectivity index (χ1n) is 8.66. The molecule has 0 aromatic heterocycles. The summed E-state index contributed by atoms with van der Waals surface area (Å²) in [5, 5.41) is 9.57. The first-order valence-corrected chi connectivity index (χ1v) is 10.6. The Morgan fingerprint density at radius 3 is 2.58 bits per heavy atom. The fourth-order valence-corrected chi connectivity index (χ4v) is 4.66. The number of carboxylic acids is 1. The van der Waals surface area contributed by atoms with E-state index in [1.807, 2.05) is 0 Å². The summed E-state index contributed by atoms with van der Waals surface area (Å²) in [6.07, 6.45) is 3.71. The summed E-state index contributed by atoms with van der Waals surface area (Å²) in [7, 11) is -3.25. The number of nitrogens with zero attached hydrogens (tertiary/aromatic N) is 1. The van der Waals surface area contributed by atoms with Crippen molar-refractivity contribution in [3.63, 3.8) is 0 Å². The molecule has 1 aromatic rings. The Morgan fingerprint density at radius 1 is 1.31 bits per heavy atom. The zero-order chi connectivity index (χ0) is 18.9. The van der Waals surface area contributed by atoms with Crippen LogP contribution in [0.1, 0.15) is 25.7 Å². The second-order valence-electron chi connectivity index (χ2n) is 7.17. The summed E-state index contributed by atoms with van der Waals surface area (Å²) in [6, 6.07) is 6.04. The average Bonchev–Trinajstić information content (AvgIpc) is 3.12. The molecule has 0 bridgehead atoms. The molecule has 2 atom stereocenters. The maximum Gasteiger partial charge on any atom is 0.311 e. The fourth-order valence-electron chi connectivity index (χ4n) is 4.03. The normalized spacial score (nSPS) is 25.1. The Balaban J connectivity index is 1.51. The number of ether oxygens (including phenoxy) is 1. The van der Waals surface area contributed by atoms with Crippen LogP contribution in [0.3, 0.4) is 0 Å². The number of amides is 1. The molecule has 2 fully saturated rings. The molecule has 142 valence electrons. The number of likely N-dealkylation sites (tertiary alicyclic amines) is 1. The zero-order valence-electron chi connectivity index (χ0n) is 14.7. The Labute approximate surface area is 152 Å². The summed E-state index contributed by atoms with van der Waals surface area (Å²) in [5.41, 5.74) is -0.766. The second-order valence-corrected chi connectivity index (χ2v) is 9.18. The monoisotopic (exact) mass is 381 g/mol. The van der Waals surface area contributed by atoms with Gasteiger partial charge in [0.15, 0.2) is 9.84 Å². The van der Waals surface area contributed by atoms with E-state index in [-0.39, 0.29) is 36.3 Å². The van der Waals surface area contributed by atoms with Crippen LogP contribution < -0.4 is 4.74 Å². The van der Waals surface area contributed by atoms with E-state index in [9.17, 15) is 23.1 Å². The molecule has 1 saturated heterocycles. The number of rotatable bonds is 6. The van der Waals surface area contributed by atoms with Crippen molar-refractivity contribution in [2.75, 3.05) is 26.0 Å². The van der Waals surface area contributed by atoms with Gasteiger partial charge in [0.25, 0.3) is 0 Å². The maximum atomic E-state index is 12.4. The lowest BCUT2D eigenvalue weighted by atomic mass is 9.81. The highest BCUT2D eigenvalue weighted by molar-refractivity contribution is 7.90. The van der Waals surface area contributed by atoms with Crippen LogP contribution in [-0.2, 0) is 19.4 Å². The predicted octanol–water partition coefficient (Wildman–Crippen LogP) is 1.57. The summed E-state index contributed by atoms with van der Waals surface area (Å²) >= 11 is 0. The van der Waals surface area contributed by atoms with Crippen LogP contribution in [0.25, 0.3) is 0 Å². The molecule has 1 N–H and O–H groups in total. The lowest BCUT2D eigenvalue weighted by molar-refractivity contribution is -0.149. The van der Waals surface area contributed by atoms with Crippen LogP contribution in [0, 0.1) is 11.3 Å². The zero-order valence-corrected chi connectivity index (χ0v) is 15.5. The standard InChI is InChI=1S/C18H23NO6S/c1-26(23,24)15-6-4-14(5-7-15)25-10-8-16(20)19-11-13-3-2-9-18(13,12-19)17(21)22/h4-7,13H,2-3,8-12H2,1H3,(H,21,22)/t13-,18+/m0/s1. The second kappa shape index (κ2) is 6.90. The van der Waals surface area contributed by atoms with Gasteiger partial charge in [-0.1, -0.05) is 6.42 Å². The van der Waals surface area contributed by atoms with Gasteiger partial charge in [0.1, 0.15) is 5.75 Å². The molecule has 1 aliphatic carbocycles. The summed E-state index contributed by atoms with van der Waals surface area (Å²) in [6.45, 7) is 0.960. The van der Waals surface area contributed by atoms with Crippen LogP contribution in [0.15, 0.2) is 29.2 Å². The van der Waals surface area contributed by atoms with Crippen molar-refractivity contribution >= 4 is 21.7 Å². The highest BCUT2D eigenvalue weighted by Crippen LogP contribution is 2.48. The molecule has 3 rings (SSSR count). The largest absolute Gasteiger partial charge is 0.493 e. The number of carbonyl (C=O) groups is 2. The van der Waals surface area contributed by atoms with Gasteiger partial charge in [-0.15, -0.1) is 0 Å². The van der Waals surface area contributed by atoms with Gasteiger partial charge in [0.2, 0.25) is 5.91 Å². The summed E-state index contributed by atoms with van der Waals surface area (Å²) < 4.78 is 28.3. The first-order chi connectivity index (χ1) is 12.2. The van der Waals surface area contributed by atoms with E-state index in [1.165, 1.54) is 12.1 Å². The van der Waals surface area contributed by atoms with Crippen LogP contribution in [0.4, 0.5) is 0 Å². The van der Waals surface area contributed by atoms with Crippen molar-refractivity contribution in [3.05, 3.63) is 24.3 Å². The minimum atomic E-state index is -3.25. The Hall–Kier alpha value is -2.09. The van der Waals surface area contributed by atoms with Gasteiger partial charge < -0.3 is 14.7 Å². The van der Waals surface area contributed by atoms with Gasteiger partial charge in [-0.2, -0.15) is 0 Å². The molecule has 1 aromatic carbocycles. The van der Waals surface area contributed by atoms with Gasteiger partial charge in [-0.3, -0.25) is 9.59 Å². The highest BCUT2D eigenvalue weighted by Gasteiger charge is 2.55. The predicted molar refractivity (Wildman–Crippen MR) is 93.7 cm³/mol. The summed E-state index contributed by atoms with van der Waals surface area (Å²) in [4.78, 5) is 25.9. The third-order valence-corrected chi connectivity index (χ3v) is 6.61. The lowest BCUT2D eigenvalue weighted by Crippen LogP contribution is -2.37. The van der Waals surface area contributed by atoms with Crippen molar-refractivity contribution in [2.24, 2.45) is 11.3 Å². The minimum Gasteiger partial charge on any atom is -0.493 e. The van der Waals surface area contributed by atoms with Gasteiger partial charge in [0, 0.05) is 19.3 Å². The number of carbonyl (C=O) groups excluding carboxylic acids is 1. The Morgan fingerprint density at radius 2 is 2.00 bits per heavy atom. The summed E-state index contributed by atoms with van der Waals surface area (Å²) in [5.74, 6) is -0.357. The molecule has 1 heterocycles. The van der Waals surface area contributed by atoms with Crippen LogP contribution in [0.2, 0.25) is 0 Å². The van der Waals surface area contributed by atoms with Gasteiger partial charge in [0.05, 0.1) is 23.3 Å². The van der Waals surface area contributed by atoms with Crippen molar-refractivity contribution in [2.45, 2.75) is 30.6 Å². The minimum absolute atomic E-state index is 0.0494. The fraction of sp³-hybridized carbons (Fsp3) is 0.556. The highest BCUT2D eigenvalue weighted by atomic mass is 32.2. The molecule has 1 aliphatic heterocycles. The molecular weight excluding hydrogens is 358 g/mol. The topological polar surface area (TPSA) is 101 Å². The van der Waals surface area contributed by atoms with Crippen molar-refractivity contribution in [1.29, 1.82) is 0 Å². The number of carboxylic acid groups (broad SMARTS) is 1. The van der Waals surface area contributed by atoms with Gasteiger partial charge in [-0.25, -0.2) is 8.42 Å². The number of fused-ring (bicyclic) bond motifs is 1. The van der Waals surface area contributed by atoms with Gasteiger partial charge >= 0.3 is 5.97 Å². The van der Waals surface area contributed by atoms with Crippen LogP contribution in [0.5, 0.6) is 5.75 Å². The van der Waals surface area contributed by atoms with E-state index in [1.54, 1.807) is 17.0 Å². The number of hydrogen-bond acceptors (Lipinski definition) is 5. The molecule has 8 heteroatoms. The molecule has 0 spiro atoms. The Kier molecular flexibility index (Phi) is 4.96. The van der Waals surface area contributed by atoms with E-state index < -0.39 is 21.2 Å². The number of sulfone groups is 1. The van der Waals surface area contributed by atoms with E-state index in [0.717, 1.165) is 19.1 Å². The molecule has 2 aliphatic rings. The molecule has 7 nitrogen and oxygen atoms in total. The number of benzene rings is 1. The van der Waals surface area contributed by atoms with Crippen LogP contribution in [-0.4, -0.2) is 56.3 Å². The first kappa shape index (κ1) is 18.7. The lowest BCUT2D eigenvalue weighted by Gasteiger charge is -2.23. The van der Waals surface area contributed by atoms with E-state index >= 15 is 0 Å². The van der Waals surface area contributed by atoms with E-state index in [2.05, 4.69) is 0 Å². The average molecular weight is 381 g/mol. The van der Waals surface area contributed by atoms with Crippen molar-refractivity contribution in [3.8, 4) is 5.75 Å². The van der Waals surface area contributed by atoms with Crippen molar-refractivity contribution in [1.82, 2.24) is 4.90 Å². The number of aliphatic carboxylic acids is 1. The number of hydrogen-bond donors (Lipinski definition) is 1. The molecule has 1 saturated carbocycles. The van der Waals surface area contributed by atoms with E-state index in [0.29, 0.717) is 18.7 Å². The molecule has 1 amide bonds. The third kappa shape index (κ3) is 3.56. The van der Waals surface area contributed by atoms with Crippen molar-refractivity contribution < 1.29 is 27.9 Å². The molecule has 0 unspecified atom stereocenters. The third-order valence-electron chi connectivity index (χ3n) is 5.49. The SMILES string of the molecule is CS(=O)(=O)c1ccc(OCCC(=O)N2C[C@@H]3CCC[C@@]3(C(=O)O)C2)cc1. The smallest absolute Gasteiger partial charge is 0.311 e. The molecular formula is C18H23NO6S. The molecule has 26 heavy (non-hydrogen) atoms. The Bertz CT molecular complexity index is 803. The quantitative estimate of drug-likeness (QED) is 0.803.